The molecule has 1 heterocycles. The number of nitrogens with one attached hydrogen (secondary N) is 1. The summed E-state index contributed by atoms with van der Waals surface area (Å²) in [6.45, 7) is 5.82. The van der Waals surface area contributed by atoms with Crippen molar-refractivity contribution < 1.29 is 4.74 Å². The monoisotopic (exact) mass is 304 g/mol. The molecular formula is C19H32N2O. The van der Waals surface area contributed by atoms with Crippen molar-refractivity contribution in [3.05, 3.63) is 35.9 Å². The molecule has 1 aliphatic carbocycles. The molecule has 2 fully saturated rings. The van der Waals surface area contributed by atoms with Crippen LogP contribution in [0.15, 0.2) is 30.3 Å². The molecule has 3 N–H and O–H groups in total. The number of nitrogens with two attached hydrogens (primary N) is 1. The second-order valence-electron chi connectivity index (χ2n) is 6.23. The first-order valence-electron chi connectivity index (χ1n) is 8.98. The van der Waals surface area contributed by atoms with Gasteiger partial charge in [0.2, 0.25) is 0 Å². The van der Waals surface area contributed by atoms with Gasteiger partial charge in [-0.05, 0) is 50.1 Å². The van der Waals surface area contributed by atoms with Gasteiger partial charge < -0.3 is 15.8 Å². The number of benzene rings is 1. The van der Waals surface area contributed by atoms with E-state index < -0.39 is 0 Å². The molecule has 3 heteroatoms. The van der Waals surface area contributed by atoms with Gasteiger partial charge in [-0.15, -0.1) is 0 Å². The summed E-state index contributed by atoms with van der Waals surface area (Å²) >= 11 is 0. The van der Waals surface area contributed by atoms with E-state index in [-0.39, 0.29) is 6.04 Å². The Balaban J connectivity index is 0.000000847. The van der Waals surface area contributed by atoms with Gasteiger partial charge in [0.15, 0.2) is 0 Å². The zero-order valence-electron chi connectivity index (χ0n) is 14.1. The van der Waals surface area contributed by atoms with Crippen molar-refractivity contribution in [1.29, 1.82) is 0 Å². The number of rotatable bonds is 4. The third kappa shape index (κ3) is 4.80. The summed E-state index contributed by atoms with van der Waals surface area (Å²) in [5.41, 5.74) is 7.54. The molecule has 2 atom stereocenters. The van der Waals surface area contributed by atoms with Gasteiger partial charge in [0.05, 0.1) is 12.7 Å². The van der Waals surface area contributed by atoms with Crippen LogP contribution in [0.3, 0.4) is 0 Å². The van der Waals surface area contributed by atoms with E-state index in [0.717, 1.165) is 25.5 Å². The van der Waals surface area contributed by atoms with Crippen LogP contribution in [0, 0.1) is 0 Å². The highest BCUT2D eigenvalue weighted by Gasteiger charge is 2.27. The first-order chi connectivity index (χ1) is 10.8. The van der Waals surface area contributed by atoms with E-state index in [9.17, 15) is 0 Å². The minimum Gasteiger partial charge on any atom is -0.377 e. The predicted molar refractivity (Wildman–Crippen MR) is 93.1 cm³/mol. The van der Waals surface area contributed by atoms with Crippen molar-refractivity contribution in [2.24, 2.45) is 5.73 Å². The highest BCUT2D eigenvalue weighted by atomic mass is 16.5. The standard InChI is InChI=1S/C17H26N2O.C2H6/c18-16-10-11-19-17(16)12-20-15-8-6-14(7-9-15)13-4-2-1-3-5-13;1-2/h1-5,14-17,19H,6-12,18H2;1-2H3. The van der Waals surface area contributed by atoms with E-state index in [0.29, 0.717) is 12.1 Å². The molecule has 0 aromatic heterocycles. The lowest BCUT2D eigenvalue weighted by molar-refractivity contribution is 0.0132. The molecule has 0 bridgehead atoms. The molecule has 1 aromatic carbocycles. The summed E-state index contributed by atoms with van der Waals surface area (Å²) in [7, 11) is 0. The maximum Gasteiger partial charge on any atom is 0.0638 e. The van der Waals surface area contributed by atoms with Crippen LogP contribution in [0.5, 0.6) is 0 Å². The van der Waals surface area contributed by atoms with Crippen LogP contribution < -0.4 is 11.1 Å². The van der Waals surface area contributed by atoms with Crippen molar-refractivity contribution >= 4 is 0 Å². The molecule has 0 radical (unpaired) electrons. The Morgan fingerprint density at radius 3 is 2.32 bits per heavy atom. The highest BCUT2D eigenvalue weighted by Crippen LogP contribution is 2.33. The van der Waals surface area contributed by atoms with Crippen molar-refractivity contribution in [1.82, 2.24) is 5.32 Å². The Bertz CT molecular complexity index is 401. The molecule has 3 rings (SSSR count). The zero-order chi connectivity index (χ0) is 15.8. The third-order valence-electron chi connectivity index (χ3n) is 4.86. The van der Waals surface area contributed by atoms with Crippen LogP contribution in [-0.4, -0.2) is 31.3 Å². The van der Waals surface area contributed by atoms with Gasteiger partial charge in [-0.25, -0.2) is 0 Å². The summed E-state index contributed by atoms with van der Waals surface area (Å²) in [4.78, 5) is 0. The minimum atomic E-state index is 0.274. The second-order valence-corrected chi connectivity index (χ2v) is 6.23. The number of ether oxygens (including phenoxy) is 1. The number of hydrogen-bond acceptors (Lipinski definition) is 3. The summed E-state index contributed by atoms with van der Waals surface area (Å²) in [5.74, 6) is 0.725. The third-order valence-corrected chi connectivity index (χ3v) is 4.86. The lowest BCUT2D eigenvalue weighted by Gasteiger charge is -2.30. The molecule has 1 saturated carbocycles. The fourth-order valence-corrected chi connectivity index (χ4v) is 3.50. The van der Waals surface area contributed by atoms with Gasteiger partial charge >= 0.3 is 0 Å². The summed E-state index contributed by atoms with van der Waals surface area (Å²) in [6.07, 6.45) is 6.37. The van der Waals surface area contributed by atoms with Crippen molar-refractivity contribution in [2.75, 3.05) is 13.2 Å². The van der Waals surface area contributed by atoms with Gasteiger partial charge in [0.25, 0.3) is 0 Å². The van der Waals surface area contributed by atoms with Gasteiger partial charge in [0.1, 0.15) is 0 Å². The maximum atomic E-state index is 6.08. The molecule has 1 aromatic rings. The Labute approximate surface area is 135 Å². The van der Waals surface area contributed by atoms with Gasteiger partial charge in [-0.3, -0.25) is 0 Å². The first kappa shape index (κ1) is 17.5. The minimum absolute atomic E-state index is 0.274. The van der Waals surface area contributed by atoms with Crippen LogP contribution in [0.1, 0.15) is 57.4 Å². The molecular weight excluding hydrogens is 272 g/mol. The molecule has 124 valence electrons. The Kier molecular flexibility index (Phi) is 7.37. The van der Waals surface area contributed by atoms with Crippen LogP contribution >= 0.6 is 0 Å². The fraction of sp³-hybridized carbons (Fsp3) is 0.684. The van der Waals surface area contributed by atoms with Crippen LogP contribution in [0.4, 0.5) is 0 Å². The Morgan fingerprint density at radius 2 is 1.73 bits per heavy atom. The average Bonchev–Trinajstić information content (AvgIpc) is 3.01. The predicted octanol–water partition coefficient (Wildman–Crippen LogP) is 3.44. The zero-order valence-corrected chi connectivity index (χ0v) is 14.1. The van der Waals surface area contributed by atoms with Crippen LogP contribution in [0.25, 0.3) is 0 Å². The van der Waals surface area contributed by atoms with Crippen LogP contribution in [0.2, 0.25) is 0 Å². The van der Waals surface area contributed by atoms with Gasteiger partial charge in [0, 0.05) is 12.1 Å². The molecule has 0 spiro atoms. The van der Waals surface area contributed by atoms with Gasteiger partial charge in [-0.2, -0.15) is 0 Å². The lowest BCUT2D eigenvalue weighted by Crippen LogP contribution is -2.41. The second kappa shape index (κ2) is 9.29. The van der Waals surface area contributed by atoms with Crippen LogP contribution in [-0.2, 0) is 4.74 Å². The first-order valence-corrected chi connectivity index (χ1v) is 8.98. The van der Waals surface area contributed by atoms with E-state index in [4.69, 9.17) is 10.5 Å². The van der Waals surface area contributed by atoms with Gasteiger partial charge in [-0.1, -0.05) is 44.2 Å². The van der Waals surface area contributed by atoms with Crippen molar-refractivity contribution in [2.45, 2.75) is 70.1 Å². The smallest absolute Gasteiger partial charge is 0.0638 e. The molecule has 1 aliphatic heterocycles. The van der Waals surface area contributed by atoms with E-state index in [1.807, 2.05) is 13.8 Å². The summed E-state index contributed by atoms with van der Waals surface area (Å²) < 4.78 is 6.08. The average molecular weight is 304 g/mol. The maximum absolute atomic E-state index is 6.08. The van der Waals surface area contributed by atoms with E-state index >= 15 is 0 Å². The topological polar surface area (TPSA) is 47.3 Å². The molecule has 3 nitrogen and oxygen atoms in total. The van der Waals surface area contributed by atoms with E-state index in [2.05, 4.69) is 35.6 Å². The quantitative estimate of drug-likeness (QED) is 0.895. The van der Waals surface area contributed by atoms with Crippen molar-refractivity contribution in [3.8, 4) is 0 Å². The normalized spacial score (nSPS) is 31.4. The number of hydrogen-bond donors (Lipinski definition) is 2. The Morgan fingerprint density at radius 1 is 1.05 bits per heavy atom. The molecule has 22 heavy (non-hydrogen) atoms. The Hall–Kier alpha value is -0.900. The molecule has 0 amide bonds. The molecule has 2 unspecified atom stereocenters. The molecule has 1 saturated heterocycles. The van der Waals surface area contributed by atoms with Crippen molar-refractivity contribution in [3.63, 3.8) is 0 Å². The van der Waals surface area contributed by atoms with E-state index in [1.165, 1.54) is 31.2 Å². The summed E-state index contributed by atoms with van der Waals surface area (Å²) in [5, 5.41) is 3.43. The molecule has 2 aliphatic rings. The fourth-order valence-electron chi connectivity index (χ4n) is 3.50. The summed E-state index contributed by atoms with van der Waals surface area (Å²) in [6, 6.07) is 11.5. The SMILES string of the molecule is CC.NC1CCNC1COC1CCC(c2ccccc2)CC1. The highest BCUT2D eigenvalue weighted by molar-refractivity contribution is 5.19. The largest absolute Gasteiger partial charge is 0.377 e. The lowest BCUT2D eigenvalue weighted by atomic mass is 9.83. The van der Waals surface area contributed by atoms with E-state index in [1.54, 1.807) is 0 Å².